The summed E-state index contributed by atoms with van der Waals surface area (Å²) in [5, 5.41) is 4.60. The lowest BCUT2D eigenvalue weighted by Gasteiger charge is -2.18. The van der Waals surface area contributed by atoms with Crippen molar-refractivity contribution in [2.24, 2.45) is 0 Å². The number of benzene rings is 1. The van der Waals surface area contributed by atoms with Gasteiger partial charge in [0.15, 0.2) is 0 Å². The lowest BCUT2D eigenvalue weighted by molar-refractivity contribution is -0.122. The van der Waals surface area contributed by atoms with Crippen LogP contribution in [0, 0.1) is 13.8 Å². The second kappa shape index (κ2) is 9.50. The Kier molecular flexibility index (Phi) is 7.63. The van der Waals surface area contributed by atoms with Gasteiger partial charge in [-0.3, -0.25) is 4.79 Å². The second-order valence-electron chi connectivity index (χ2n) is 5.98. The molecule has 0 bridgehead atoms. The molecule has 1 aromatic heterocycles. The fourth-order valence-electron chi connectivity index (χ4n) is 2.45. The maximum atomic E-state index is 12.7. The molecule has 0 radical (unpaired) electrons. The van der Waals surface area contributed by atoms with Gasteiger partial charge in [-0.05, 0) is 55.5 Å². The van der Waals surface area contributed by atoms with E-state index in [1.54, 1.807) is 29.4 Å². The van der Waals surface area contributed by atoms with Crippen LogP contribution in [0.1, 0.15) is 23.2 Å². The van der Waals surface area contributed by atoms with E-state index in [9.17, 15) is 13.2 Å². The molecule has 0 fully saturated rings. The standard InChI is InChI=1S/C17H23N3O3S3/c1-12-6-13(2)8-15(7-12)26(22,23)20-16(4-5-24-3)17(21)18-9-14-10-25-11-19-14/h6-8,10-11,16,20H,4-5,9H2,1-3H3,(H,18,21)/t16-/m0/s1. The minimum absolute atomic E-state index is 0.177. The predicted octanol–water partition coefficient (Wildman–Crippen LogP) is 2.48. The number of aryl methyl sites for hydroxylation is 2. The number of sulfonamides is 1. The Morgan fingerprint density at radius 1 is 1.27 bits per heavy atom. The molecule has 2 aromatic rings. The summed E-state index contributed by atoms with van der Waals surface area (Å²) in [6.45, 7) is 3.97. The number of nitrogens with zero attached hydrogens (tertiary/aromatic N) is 1. The molecule has 2 N–H and O–H groups in total. The molecular formula is C17H23N3O3S3. The zero-order valence-electron chi connectivity index (χ0n) is 15.0. The van der Waals surface area contributed by atoms with Crippen LogP contribution in [-0.2, 0) is 21.4 Å². The van der Waals surface area contributed by atoms with E-state index in [0.717, 1.165) is 16.8 Å². The predicted molar refractivity (Wildman–Crippen MR) is 107 cm³/mol. The third-order valence-corrected chi connectivity index (χ3v) is 6.39. The molecule has 0 aliphatic heterocycles. The maximum Gasteiger partial charge on any atom is 0.241 e. The summed E-state index contributed by atoms with van der Waals surface area (Å²) in [4.78, 5) is 16.8. The minimum Gasteiger partial charge on any atom is -0.349 e. The molecule has 1 aromatic carbocycles. The zero-order chi connectivity index (χ0) is 19.2. The van der Waals surface area contributed by atoms with Gasteiger partial charge in [-0.1, -0.05) is 6.07 Å². The van der Waals surface area contributed by atoms with Crippen molar-refractivity contribution in [1.82, 2.24) is 15.0 Å². The number of rotatable bonds is 9. The van der Waals surface area contributed by atoms with Crippen LogP contribution < -0.4 is 10.0 Å². The molecule has 0 unspecified atom stereocenters. The summed E-state index contributed by atoms with van der Waals surface area (Å²) >= 11 is 3.01. The number of thioether (sulfide) groups is 1. The van der Waals surface area contributed by atoms with Gasteiger partial charge in [-0.15, -0.1) is 11.3 Å². The Labute approximate surface area is 162 Å². The van der Waals surface area contributed by atoms with E-state index in [1.165, 1.54) is 11.3 Å². The van der Waals surface area contributed by atoms with Crippen molar-refractivity contribution in [3.05, 3.63) is 45.9 Å². The average molecular weight is 414 g/mol. The molecule has 0 saturated heterocycles. The van der Waals surface area contributed by atoms with E-state index >= 15 is 0 Å². The van der Waals surface area contributed by atoms with Gasteiger partial charge in [0.2, 0.25) is 15.9 Å². The van der Waals surface area contributed by atoms with Crippen LogP contribution in [0.25, 0.3) is 0 Å². The SMILES string of the molecule is CSCC[C@H](NS(=O)(=O)c1cc(C)cc(C)c1)C(=O)NCc1cscn1. The molecule has 1 amide bonds. The van der Waals surface area contributed by atoms with Crippen LogP contribution >= 0.6 is 23.1 Å². The largest absolute Gasteiger partial charge is 0.349 e. The highest BCUT2D eigenvalue weighted by Gasteiger charge is 2.25. The molecule has 2 rings (SSSR count). The lowest BCUT2D eigenvalue weighted by Crippen LogP contribution is -2.46. The fourth-order valence-corrected chi connectivity index (χ4v) is 4.90. The molecule has 26 heavy (non-hydrogen) atoms. The first kappa shape index (κ1) is 20.9. The molecule has 0 aliphatic carbocycles. The van der Waals surface area contributed by atoms with Crippen LogP contribution in [0.3, 0.4) is 0 Å². The summed E-state index contributed by atoms with van der Waals surface area (Å²) in [6, 6.07) is 4.29. The second-order valence-corrected chi connectivity index (χ2v) is 9.39. The fraction of sp³-hybridized carbons (Fsp3) is 0.412. The van der Waals surface area contributed by atoms with Gasteiger partial charge in [-0.2, -0.15) is 16.5 Å². The van der Waals surface area contributed by atoms with Gasteiger partial charge in [0.05, 0.1) is 22.6 Å². The Hall–Kier alpha value is -1.42. The maximum absolute atomic E-state index is 12.7. The van der Waals surface area contributed by atoms with Crippen LogP contribution in [0.15, 0.2) is 34.0 Å². The highest BCUT2D eigenvalue weighted by Crippen LogP contribution is 2.15. The number of hydrogen-bond donors (Lipinski definition) is 2. The number of carbonyl (C=O) groups excluding carboxylic acids is 1. The van der Waals surface area contributed by atoms with Crippen molar-refractivity contribution >= 4 is 39.0 Å². The van der Waals surface area contributed by atoms with Gasteiger partial charge in [0.1, 0.15) is 6.04 Å². The van der Waals surface area contributed by atoms with Crippen LogP contribution in [0.2, 0.25) is 0 Å². The quantitative estimate of drug-likeness (QED) is 0.659. The third kappa shape index (κ3) is 6.08. The van der Waals surface area contributed by atoms with E-state index in [1.807, 2.05) is 31.5 Å². The number of amides is 1. The van der Waals surface area contributed by atoms with Crippen molar-refractivity contribution in [3.63, 3.8) is 0 Å². The smallest absolute Gasteiger partial charge is 0.241 e. The number of aromatic nitrogens is 1. The number of nitrogens with one attached hydrogen (secondary N) is 2. The summed E-state index contributed by atoms with van der Waals surface area (Å²) in [7, 11) is -3.79. The normalized spacial score (nSPS) is 12.7. The molecule has 0 saturated carbocycles. The van der Waals surface area contributed by atoms with Gasteiger partial charge in [0.25, 0.3) is 0 Å². The first-order valence-electron chi connectivity index (χ1n) is 8.06. The number of hydrogen-bond acceptors (Lipinski definition) is 6. The highest BCUT2D eigenvalue weighted by atomic mass is 32.2. The third-order valence-electron chi connectivity index (χ3n) is 3.66. The number of carbonyl (C=O) groups is 1. The van der Waals surface area contributed by atoms with Gasteiger partial charge in [-0.25, -0.2) is 13.4 Å². The molecule has 0 aliphatic rings. The lowest BCUT2D eigenvalue weighted by atomic mass is 10.2. The first-order valence-corrected chi connectivity index (χ1v) is 11.9. The zero-order valence-corrected chi connectivity index (χ0v) is 17.4. The molecule has 6 nitrogen and oxygen atoms in total. The molecule has 0 spiro atoms. The Bertz CT molecular complexity index is 816. The van der Waals surface area contributed by atoms with Crippen LogP contribution in [0.5, 0.6) is 0 Å². The van der Waals surface area contributed by atoms with E-state index in [-0.39, 0.29) is 17.3 Å². The topological polar surface area (TPSA) is 88.2 Å². The minimum atomic E-state index is -3.79. The highest BCUT2D eigenvalue weighted by molar-refractivity contribution is 7.98. The number of thiazole rings is 1. The van der Waals surface area contributed by atoms with Crippen LogP contribution in [0.4, 0.5) is 0 Å². The summed E-state index contributed by atoms with van der Waals surface area (Å²) < 4.78 is 28.0. The molecule has 1 heterocycles. The van der Waals surface area contributed by atoms with E-state index in [4.69, 9.17) is 0 Å². The van der Waals surface area contributed by atoms with Gasteiger partial charge in [0, 0.05) is 5.38 Å². The van der Waals surface area contributed by atoms with Gasteiger partial charge < -0.3 is 5.32 Å². The Balaban J connectivity index is 2.13. The van der Waals surface area contributed by atoms with Crippen molar-refractivity contribution in [2.75, 3.05) is 12.0 Å². The Morgan fingerprint density at radius 3 is 2.54 bits per heavy atom. The first-order chi connectivity index (χ1) is 12.3. The van der Waals surface area contributed by atoms with E-state index < -0.39 is 16.1 Å². The van der Waals surface area contributed by atoms with Crippen molar-refractivity contribution < 1.29 is 13.2 Å². The van der Waals surface area contributed by atoms with E-state index in [0.29, 0.717) is 12.2 Å². The summed E-state index contributed by atoms with van der Waals surface area (Å²) in [6.07, 6.45) is 2.33. The van der Waals surface area contributed by atoms with Gasteiger partial charge >= 0.3 is 0 Å². The monoisotopic (exact) mass is 413 g/mol. The summed E-state index contributed by atoms with van der Waals surface area (Å²) in [5.74, 6) is 0.324. The van der Waals surface area contributed by atoms with E-state index in [2.05, 4.69) is 15.0 Å². The summed E-state index contributed by atoms with van der Waals surface area (Å²) in [5.41, 5.74) is 4.16. The Morgan fingerprint density at radius 2 is 1.96 bits per heavy atom. The molecular weight excluding hydrogens is 390 g/mol. The molecule has 1 atom stereocenters. The van der Waals surface area contributed by atoms with Crippen molar-refractivity contribution in [2.45, 2.75) is 37.8 Å². The molecule has 142 valence electrons. The van der Waals surface area contributed by atoms with Crippen LogP contribution in [-0.4, -0.2) is 37.4 Å². The van der Waals surface area contributed by atoms with Crippen molar-refractivity contribution in [1.29, 1.82) is 0 Å². The van der Waals surface area contributed by atoms with Crippen molar-refractivity contribution in [3.8, 4) is 0 Å². The molecule has 9 heteroatoms. The average Bonchev–Trinajstić information content (AvgIpc) is 3.09.